The van der Waals surface area contributed by atoms with Crippen molar-refractivity contribution in [3.8, 4) is 23.0 Å². The van der Waals surface area contributed by atoms with E-state index in [2.05, 4.69) is 25.7 Å². The molecule has 0 aliphatic rings. The largest absolute Gasteiger partial charge is 0.497 e. The van der Waals surface area contributed by atoms with Crippen molar-refractivity contribution in [3.63, 3.8) is 0 Å². The molecule has 136 valence electrons. The second kappa shape index (κ2) is 8.15. The minimum absolute atomic E-state index is 0.107. The van der Waals surface area contributed by atoms with Crippen LogP contribution in [0.25, 0.3) is 11.5 Å². The number of anilines is 1. The SMILES string of the molecule is COc1ccc(OC)c(-c2nnc(SCC(=O)Nc3nnc(C)s3)o2)c1. The summed E-state index contributed by atoms with van der Waals surface area (Å²) in [6, 6.07) is 5.27. The van der Waals surface area contributed by atoms with Gasteiger partial charge in [-0.3, -0.25) is 10.1 Å². The van der Waals surface area contributed by atoms with Crippen molar-refractivity contribution in [1.29, 1.82) is 0 Å². The minimum Gasteiger partial charge on any atom is -0.497 e. The van der Waals surface area contributed by atoms with E-state index in [1.807, 2.05) is 6.92 Å². The summed E-state index contributed by atoms with van der Waals surface area (Å²) >= 11 is 2.43. The zero-order valence-electron chi connectivity index (χ0n) is 14.2. The molecule has 0 saturated carbocycles. The Labute approximate surface area is 157 Å². The number of thioether (sulfide) groups is 1. The number of carbonyl (C=O) groups is 1. The highest BCUT2D eigenvalue weighted by atomic mass is 32.2. The van der Waals surface area contributed by atoms with E-state index >= 15 is 0 Å². The molecule has 0 saturated heterocycles. The molecule has 3 aromatic rings. The normalized spacial score (nSPS) is 10.6. The van der Waals surface area contributed by atoms with Crippen LogP contribution in [-0.4, -0.2) is 46.3 Å². The Kier molecular flexibility index (Phi) is 5.68. The molecule has 26 heavy (non-hydrogen) atoms. The van der Waals surface area contributed by atoms with E-state index in [0.717, 1.165) is 16.8 Å². The van der Waals surface area contributed by atoms with Crippen LogP contribution in [0, 0.1) is 6.92 Å². The Morgan fingerprint density at radius 2 is 2.08 bits per heavy atom. The maximum absolute atomic E-state index is 11.9. The highest BCUT2D eigenvalue weighted by Gasteiger charge is 2.16. The first-order valence-corrected chi connectivity index (χ1v) is 9.18. The van der Waals surface area contributed by atoms with Gasteiger partial charge in [-0.1, -0.05) is 23.1 Å². The molecule has 0 radical (unpaired) electrons. The summed E-state index contributed by atoms with van der Waals surface area (Å²) < 4.78 is 16.1. The van der Waals surface area contributed by atoms with Gasteiger partial charge in [0.2, 0.25) is 11.0 Å². The molecule has 0 atom stereocenters. The molecule has 0 bridgehead atoms. The monoisotopic (exact) mass is 393 g/mol. The molecule has 2 heterocycles. The lowest BCUT2D eigenvalue weighted by Gasteiger charge is -2.07. The topological polar surface area (TPSA) is 112 Å². The van der Waals surface area contributed by atoms with Gasteiger partial charge in [0.1, 0.15) is 16.5 Å². The van der Waals surface area contributed by atoms with Crippen LogP contribution in [0.1, 0.15) is 5.01 Å². The Morgan fingerprint density at radius 3 is 2.77 bits per heavy atom. The third kappa shape index (κ3) is 4.29. The first-order valence-electron chi connectivity index (χ1n) is 7.37. The van der Waals surface area contributed by atoms with E-state index in [4.69, 9.17) is 13.9 Å². The number of benzene rings is 1. The second-order valence-electron chi connectivity index (χ2n) is 4.90. The zero-order valence-corrected chi connectivity index (χ0v) is 15.8. The molecule has 2 aromatic heterocycles. The van der Waals surface area contributed by atoms with E-state index in [1.165, 1.54) is 11.3 Å². The fourth-order valence-corrected chi connectivity index (χ4v) is 3.16. The van der Waals surface area contributed by atoms with E-state index in [-0.39, 0.29) is 22.8 Å². The third-order valence-corrected chi connectivity index (χ3v) is 4.72. The maximum Gasteiger partial charge on any atom is 0.277 e. The number of aryl methyl sites for hydroxylation is 1. The number of nitrogens with one attached hydrogen (secondary N) is 1. The van der Waals surface area contributed by atoms with Crippen LogP contribution in [-0.2, 0) is 4.79 Å². The molecule has 9 nitrogen and oxygen atoms in total. The van der Waals surface area contributed by atoms with Gasteiger partial charge in [0.05, 0.1) is 25.5 Å². The predicted octanol–water partition coefficient (Wildman–Crippen LogP) is 2.64. The van der Waals surface area contributed by atoms with Crippen LogP contribution in [0.4, 0.5) is 5.13 Å². The van der Waals surface area contributed by atoms with Crippen LogP contribution in [0.3, 0.4) is 0 Å². The van der Waals surface area contributed by atoms with Gasteiger partial charge in [-0.05, 0) is 25.1 Å². The summed E-state index contributed by atoms with van der Waals surface area (Å²) in [5.74, 6) is 1.37. The minimum atomic E-state index is -0.232. The number of carbonyl (C=O) groups excluding carboxylic acids is 1. The summed E-state index contributed by atoms with van der Waals surface area (Å²) in [6.07, 6.45) is 0. The maximum atomic E-state index is 11.9. The van der Waals surface area contributed by atoms with Gasteiger partial charge in [-0.15, -0.1) is 20.4 Å². The molecule has 0 unspecified atom stereocenters. The van der Waals surface area contributed by atoms with Crippen LogP contribution in [0.2, 0.25) is 0 Å². The number of hydrogen-bond donors (Lipinski definition) is 1. The molecular weight excluding hydrogens is 378 g/mol. The van der Waals surface area contributed by atoms with Gasteiger partial charge >= 0.3 is 0 Å². The van der Waals surface area contributed by atoms with Gasteiger partial charge in [0.15, 0.2) is 0 Å². The van der Waals surface area contributed by atoms with Crippen molar-refractivity contribution in [3.05, 3.63) is 23.2 Å². The average molecular weight is 393 g/mol. The molecule has 0 fully saturated rings. The lowest BCUT2D eigenvalue weighted by atomic mass is 10.2. The Morgan fingerprint density at radius 1 is 1.23 bits per heavy atom. The van der Waals surface area contributed by atoms with Crippen molar-refractivity contribution in [2.75, 3.05) is 25.3 Å². The Balaban J connectivity index is 1.65. The van der Waals surface area contributed by atoms with Crippen molar-refractivity contribution < 1.29 is 18.7 Å². The molecule has 3 rings (SSSR count). The van der Waals surface area contributed by atoms with Gasteiger partial charge < -0.3 is 13.9 Å². The number of ether oxygens (including phenoxy) is 2. The molecule has 11 heteroatoms. The molecular formula is C15H15N5O4S2. The van der Waals surface area contributed by atoms with Crippen molar-refractivity contribution in [1.82, 2.24) is 20.4 Å². The summed E-state index contributed by atoms with van der Waals surface area (Å²) in [5, 5.41) is 19.8. The first kappa shape index (κ1) is 18.1. The smallest absolute Gasteiger partial charge is 0.277 e. The molecule has 1 aromatic carbocycles. The highest BCUT2D eigenvalue weighted by Crippen LogP contribution is 2.33. The lowest BCUT2D eigenvalue weighted by Crippen LogP contribution is -2.13. The van der Waals surface area contributed by atoms with Gasteiger partial charge in [0, 0.05) is 0 Å². The van der Waals surface area contributed by atoms with Crippen LogP contribution in [0.15, 0.2) is 27.8 Å². The van der Waals surface area contributed by atoms with E-state index in [0.29, 0.717) is 22.2 Å². The van der Waals surface area contributed by atoms with Crippen LogP contribution in [0.5, 0.6) is 11.5 Å². The standard InChI is InChI=1S/C15H15N5O4S2/c1-8-17-19-14(26-8)16-12(21)7-25-15-20-18-13(24-15)10-6-9(22-2)4-5-11(10)23-3/h4-6H,7H2,1-3H3,(H,16,19,21). The molecule has 1 N–H and O–H groups in total. The van der Waals surface area contributed by atoms with Crippen LogP contribution >= 0.6 is 23.1 Å². The van der Waals surface area contributed by atoms with E-state index in [1.54, 1.807) is 32.4 Å². The molecule has 1 amide bonds. The van der Waals surface area contributed by atoms with Crippen molar-refractivity contribution in [2.24, 2.45) is 0 Å². The molecule has 0 aliphatic heterocycles. The highest BCUT2D eigenvalue weighted by molar-refractivity contribution is 7.99. The summed E-state index contributed by atoms with van der Waals surface area (Å²) in [5.41, 5.74) is 0.611. The van der Waals surface area contributed by atoms with Gasteiger partial charge in [0.25, 0.3) is 11.1 Å². The van der Waals surface area contributed by atoms with Gasteiger partial charge in [-0.2, -0.15) is 0 Å². The number of aromatic nitrogens is 4. The Hall–Kier alpha value is -2.66. The second-order valence-corrected chi connectivity index (χ2v) is 7.01. The fourth-order valence-electron chi connectivity index (χ4n) is 1.99. The van der Waals surface area contributed by atoms with Crippen LogP contribution < -0.4 is 14.8 Å². The average Bonchev–Trinajstić information content (AvgIpc) is 3.28. The quantitative estimate of drug-likeness (QED) is 0.605. The first-order chi connectivity index (χ1) is 12.6. The van der Waals surface area contributed by atoms with Crippen molar-refractivity contribution in [2.45, 2.75) is 12.1 Å². The number of methoxy groups -OCH3 is 2. The number of nitrogens with zero attached hydrogens (tertiary/aromatic N) is 4. The van der Waals surface area contributed by atoms with Crippen molar-refractivity contribution >= 4 is 34.1 Å². The third-order valence-electron chi connectivity index (χ3n) is 3.14. The van der Waals surface area contributed by atoms with E-state index < -0.39 is 0 Å². The number of rotatable bonds is 7. The fraction of sp³-hybridized carbons (Fsp3) is 0.267. The number of amides is 1. The summed E-state index contributed by atoms with van der Waals surface area (Å²) in [7, 11) is 3.12. The van der Waals surface area contributed by atoms with Gasteiger partial charge in [-0.25, -0.2) is 0 Å². The van der Waals surface area contributed by atoms with E-state index in [9.17, 15) is 4.79 Å². The summed E-state index contributed by atoms with van der Waals surface area (Å²) in [6.45, 7) is 1.81. The molecule has 0 spiro atoms. The zero-order chi connectivity index (χ0) is 18.5. The number of hydrogen-bond acceptors (Lipinski definition) is 10. The Bertz CT molecular complexity index is 911. The lowest BCUT2D eigenvalue weighted by molar-refractivity contribution is -0.113. The predicted molar refractivity (Wildman–Crippen MR) is 96.8 cm³/mol. The molecule has 0 aliphatic carbocycles. The summed E-state index contributed by atoms with van der Waals surface area (Å²) in [4.78, 5) is 11.9.